The molecule has 0 aliphatic rings. The van der Waals surface area contributed by atoms with E-state index in [4.69, 9.17) is 9.84 Å². The Kier molecular flexibility index (Phi) is 4.90. The zero-order chi connectivity index (χ0) is 15.4. The fraction of sp³-hybridized carbons (Fsp3) is 0.333. The highest BCUT2D eigenvalue weighted by Gasteiger charge is 2.12. The number of carboxylic acids is 1. The van der Waals surface area contributed by atoms with Crippen LogP contribution in [0.15, 0.2) is 35.0 Å². The Bertz CT molecular complexity index is 688. The maximum Gasteiger partial charge on any atom is 0.313 e. The monoisotopic (exact) mass is 306 g/mol. The minimum absolute atomic E-state index is 0.00468. The van der Waals surface area contributed by atoms with Gasteiger partial charge in [-0.05, 0) is 26.0 Å². The lowest BCUT2D eigenvalue weighted by Gasteiger charge is -2.06. The van der Waals surface area contributed by atoms with Crippen molar-refractivity contribution in [3.63, 3.8) is 0 Å². The summed E-state index contributed by atoms with van der Waals surface area (Å²) in [6.07, 6.45) is 2.09. The normalized spacial score (nSPS) is 10.6. The number of benzene rings is 1. The van der Waals surface area contributed by atoms with Crippen molar-refractivity contribution in [3.05, 3.63) is 29.8 Å². The van der Waals surface area contributed by atoms with E-state index in [0.29, 0.717) is 11.7 Å². The van der Waals surface area contributed by atoms with E-state index in [2.05, 4.69) is 11.1 Å². The standard InChI is InChI=1S/C15H18N2O3S/c1-10(2)6-7-17-13-8-11(20-3)4-5-12(13)16-15(17)21-9-14(18)19/h4-6,8H,7,9H2,1-3H3,(H,18,19). The molecule has 1 aromatic carbocycles. The van der Waals surface area contributed by atoms with Crippen molar-refractivity contribution in [2.45, 2.75) is 25.5 Å². The summed E-state index contributed by atoms with van der Waals surface area (Å²) in [6, 6.07) is 5.66. The van der Waals surface area contributed by atoms with Gasteiger partial charge in [-0.25, -0.2) is 4.98 Å². The lowest BCUT2D eigenvalue weighted by molar-refractivity contribution is -0.133. The van der Waals surface area contributed by atoms with Crippen molar-refractivity contribution in [2.75, 3.05) is 12.9 Å². The Morgan fingerprint density at radius 3 is 2.86 bits per heavy atom. The van der Waals surface area contributed by atoms with Crippen LogP contribution in [0.2, 0.25) is 0 Å². The third-order valence-electron chi connectivity index (χ3n) is 2.93. The number of ether oxygens (including phenoxy) is 1. The molecule has 0 unspecified atom stereocenters. The number of rotatable bonds is 6. The van der Waals surface area contributed by atoms with Gasteiger partial charge in [-0.2, -0.15) is 0 Å². The Labute approximate surface area is 127 Å². The number of imidazole rings is 1. The van der Waals surface area contributed by atoms with Crippen LogP contribution in [0.3, 0.4) is 0 Å². The molecule has 0 amide bonds. The van der Waals surface area contributed by atoms with E-state index in [-0.39, 0.29) is 5.75 Å². The van der Waals surface area contributed by atoms with Gasteiger partial charge < -0.3 is 14.4 Å². The molecule has 21 heavy (non-hydrogen) atoms. The van der Waals surface area contributed by atoms with Crippen LogP contribution in [0.1, 0.15) is 13.8 Å². The highest BCUT2D eigenvalue weighted by Crippen LogP contribution is 2.27. The minimum Gasteiger partial charge on any atom is -0.497 e. The summed E-state index contributed by atoms with van der Waals surface area (Å²) >= 11 is 1.23. The summed E-state index contributed by atoms with van der Waals surface area (Å²) in [5, 5.41) is 9.56. The molecule has 0 saturated heterocycles. The van der Waals surface area contributed by atoms with Gasteiger partial charge >= 0.3 is 5.97 Å². The molecule has 1 aromatic heterocycles. The van der Waals surface area contributed by atoms with Crippen LogP contribution in [0.5, 0.6) is 5.75 Å². The number of aromatic nitrogens is 2. The number of hydrogen-bond acceptors (Lipinski definition) is 4. The summed E-state index contributed by atoms with van der Waals surface area (Å²) in [7, 11) is 1.62. The van der Waals surface area contributed by atoms with Gasteiger partial charge in [-0.15, -0.1) is 0 Å². The molecule has 2 rings (SSSR count). The number of allylic oxidation sites excluding steroid dienone is 2. The predicted molar refractivity (Wildman–Crippen MR) is 84.1 cm³/mol. The summed E-state index contributed by atoms with van der Waals surface area (Å²) in [5.74, 6) is -0.0935. The number of nitrogens with zero attached hydrogens (tertiary/aromatic N) is 2. The van der Waals surface area contributed by atoms with E-state index in [1.54, 1.807) is 7.11 Å². The molecular formula is C15H18N2O3S. The second-order valence-electron chi connectivity index (χ2n) is 4.82. The molecule has 0 fully saturated rings. The number of carboxylic acid groups (broad SMARTS) is 1. The van der Waals surface area contributed by atoms with E-state index < -0.39 is 5.97 Å². The van der Waals surface area contributed by atoms with Crippen LogP contribution in [0, 0.1) is 0 Å². The lowest BCUT2D eigenvalue weighted by atomic mass is 10.3. The topological polar surface area (TPSA) is 64.3 Å². The number of carbonyl (C=O) groups is 1. The summed E-state index contributed by atoms with van der Waals surface area (Å²) < 4.78 is 7.27. The number of thioether (sulfide) groups is 1. The first-order valence-corrected chi connectivity index (χ1v) is 7.52. The van der Waals surface area contributed by atoms with E-state index >= 15 is 0 Å². The second-order valence-corrected chi connectivity index (χ2v) is 5.77. The van der Waals surface area contributed by atoms with Gasteiger partial charge in [0, 0.05) is 12.6 Å². The van der Waals surface area contributed by atoms with Crippen molar-refractivity contribution in [1.29, 1.82) is 0 Å². The molecule has 0 bridgehead atoms. The second kappa shape index (κ2) is 6.67. The van der Waals surface area contributed by atoms with E-state index in [1.165, 1.54) is 17.3 Å². The molecule has 0 aliphatic heterocycles. The van der Waals surface area contributed by atoms with Crippen molar-refractivity contribution >= 4 is 28.8 Å². The molecule has 0 saturated carbocycles. The lowest BCUT2D eigenvalue weighted by Crippen LogP contribution is -2.02. The van der Waals surface area contributed by atoms with Crippen LogP contribution in [0.4, 0.5) is 0 Å². The molecule has 0 radical (unpaired) electrons. The van der Waals surface area contributed by atoms with Gasteiger partial charge in [0.15, 0.2) is 5.16 Å². The van der Waals surface area contributed by atoms with Gasteiger partial charge in [0.1, 0.15) is 5.75 Å². The third kappa shape index (κ3) is 3.78. The van der Waals surface area contributed by atoms with Gasteiger partial charge in [0.25, 0.3) is 0 Å². The van der Waals surface area contributed by atoms with Crippen molar-refractivity contribution in [3.8, 4) is 5.75 Å². The molecular weight excluding hydrogens is 288 g/mol. The van der Waals surface area contributed by atoms with E-state index in [1.807, 2.05) is 36.6 Å². The maximum atomic E-state index is 10.8. The van der Waals surface area contributed by atoms with Crippen LogP contribution >= 0.6 is 11.8 Å². The zero-order valence-corrected chi connectivity index (χ0v) is 13.1. The molecule has 112 valence electrons. The molecule has 0 spiro atoms. The smallest absolute Gasteiger partial charge is 0.313 e. The molecule has 0 atom stereocenters. The van der Waals surface area contributed by atoms with Crippen LogP contribution < -0.4 is 4.74 Å². The Balaban J connectivity index is 2.46. The number of hydrogen-bond donors (Lipinski definition) is 1. The largest absolute Gasteiger partial charge is 0.497 e. The highest BCUT2D eigenvalue weighted by molar-refractivity contribution is 7.99. The molecule has 0 aliphatic carbocycles. The van der Waals surface area contributed by atoms with Crippen molar-refractivity contribution < 1.29 is 14.6 Å². The van der Waals surface area contributed by atoms with E-state index in [9.17, 15) is 4.79 Å². The van der Waals surface area contributed by atoms with Gasteiger partial charge in [0.05, 0.1) is 23.9 Å². The average molecular weight is 306 g/mol. The van der Waals surface area contributed by atoms with Crippen LogP contribution in [0.25, 0.3) is 11.0 Å². The number of aliphatic carboxylic acids is 1. The molecule has 1 heterocycles. The summed E-state index contributed by atoms with van der Waals surface area (Å²) in [4.78, 5) is 15.3. The minimum atomic E-state index is -0.849. The van der Waals surface area contributed by atoms with Crippen LogP contribution in [-0.4, -0.2) is 33.5 Å². The van der Waals surface area contributed by atoms with Gasteiger partial charge in [-0.1, -0.05) is 23.4 Å². The fourth-order valence-corrected chi connectivity index (χ4v) is 2.64. The molecule has 1 N–H and O–H groups in total. The molecule has 5 nitrogen and oxygen atoms in total. The Hall–Kier alpha value is -1.95. The zero-order valence-electron chi connectivity index (χ0n) is 12.3. The summed E-state index contributed by atoms with van der Waals surface area (Å²) in [5.41, 5.74) is 2.99. The number of methoxy groups -OCH3 is 1. The first-order chi connectivity index (χ1) is 10.0. The SMILES string of the molecule is COc1ccc2nc(SCC(=O)O)n(CC=C(C)C)c2c1. The average Bonchev–Trinajstić information content (AvgIpc) is 2.79. The quantitative estimate of drug-likeness (QED) is 0.656. The van der Waals surface area contributed by atoms with Crippen molar-refractivity contribution in [2.24, 2.45) is 0 Å². The Morgan fingerprint density at radius 2 is 2.24 bits per heavy atom. The van der Waals surface area contributed by atoms with Gasteiger partial charge in [0.2, 0.25) is 0 Å². The first-order valence-electron chi connectivity index (χ1n) is 6.53. The molecule has 6 heteroatoms. The first kappa shape index (κ1) is 15.4. The molecule has 2 aromatic rings. The third-order valence-corrected chi connectivity index (χ3v) is 3.89. The van der Waals surface area contributed by atoms with Crippen LogP contribution in [-0.2, 0) is 11.3 Å². The summed E-state index contributed by atoms with van der Waals surface area (Å²) in [6.45, 7) is 4.72. The number of fused-ring (bicyclic) bond motifs is 1. The highest BCUT2D eigenvalue weighted by atomic mass is 32.2. The predicted octanol–water partition coefficient (Wildman–Crippen LogP) is 3.19. The van der Waals surface area contributed by atoms with Crippen molar-refractivity contribution in [1.82, 2.24) is 9.55 Å². The van der Waals surface area contributed by atoms with E-state index in [0.717, 1.165) is 16.8 Å². The van der Waals surface area contributed by atoms with Gasteiger partial charge in [-0.3, -0.25) is 4.79 Å². The Morgan fingerprint density at radius 1 is 1.48 bits per heavy atom. The fourth-order valence-electron chi connectivity index (χ4n) is 1.89. The maximum absolute atomic E-state index is 10.8.